The molecule has 0 saturated heterocycles. The van der Waals surface area contributed by atoms with Crippen LogP contribution < -0.4 is 25.7 Å². The summed E-state index contributed by atoms with van der Waals surface area (Å²) >= 11 is 0. The predicted octanol–water partition coefficient (Wildman–Crippen LogP) is 2.40. The van der Waals surface area contributed by atoms with Crippen molar-refractivity contribution in [1.82, 2.24) is 14.5 Å². The number of aromatic nitrogens is 3. The summed E-state index contributed by atoms with van der Waals surface area (Å²) in [5.74, 6) is 2.06. The smallest absolute Gasteiger partial charge is 0.257 e. The summed E-state index contributed by atoms with van der Waals surface area (Å²) in [5, 5.41) is 6.29. The van der Waals surface area contributed by atoms with Gasteiger partial charge >= 0.3 is 0 Å². The third-order valence-electron chi connectivity index (χ3n) is 4.42. The number of benzene rings is 1. The van der Waals surface area contributed by atoms with E-state index in [1.807, 2.05) is 30.3 Å². The van der Waals surface area contributed by atoms with Crippen molar-refractivity contribution >= 4 is 17.6 Å². The van der Waals surface area contributed by atoms with Gasteiger partial charge in [-0.15, -0.1) is 0 Å². The Kier molecular flexibility index (Phi) is 4.86. The lowest BCUT2D eigenvalue weighted by atomic mass is 10.2. The predicted molar refractivity (Wildman–Crippen MR) is 110 cm³/mol. The van der Waals surface area contributed by atoms with E-state index in [0.29, 0.717) is 40.5 Å². The van der Waals surface area contributed by atoms with Gasteiger partial charge in [-0.2, -0.15) is 0 Å². The number of guanidine groups is 1. The van der Waals surface area contributed by atoms with Crippen molar-refractivity contribution in [2.75, 3.05) is 24.9 Å². The van der Waals surface area contributed by atoms with E-state index < -0.39 is 6.17 Å². The molecule has 2 N–H and O–H groups in total. The quantitative estimate of drug-likeness (QED) is 0.703. The third-order valence-corrected chi connectivity index (χ3v) is 4.42. The molecule has 1 aromatic carbocycles. The zero-order valence-corrected chi connectivity index (χ0v) is 16.2. The Labute approximate surface area is 167 Å². The zero-order valence-electron chi connectivity index (χ0n) is 16.2. The summed E-state index contributed by atoms with van der Waals surface area (Å²) in [5.41, 5.74) is 1.71. The van der Waals surface area contributed by atoms with Gasteiger partial charge in [-0.3, -0.25) is 15.1 Å². The van der Waals surface area contributed by atoms with Crippen molar-refractivity contribution in [2.45, 2.75) is 13.1 Å². The topological polar surface area (TPSA) is 103 Å². The van der Waals surface area contributed by atoms with E-state index in [1.54, 1.807) is 33.4 Å². The standard InChI is InChI=1S/C20H20N6O3/c1-12-10-17(27)26-18(15-6-4-5-9-21-15)24-19(25-20(26)22-12)23-14-8-7-13(28-2)11-16(14)29-3/h4-11,18H,1-3H3,(H2,22,23,24,25)/t18-/m1/s1. The molecule has 1 aliphatic heterocycles. The summed E-state index contributed by atoms with van der Waals surface area (Å²) in [7, 11) is 3.17. The van der Waals surface area contributed by atoms with Gasteiger partial charge in [0.05, 0.1) is 25.6 Å². The van der Waals surface area contributed by atoms with Crippen LogP contribution in [0.2, 0.25) is 0 Å². The molecule has 0 amide bonds. The highest BCUT2D eigenvalue weighted by Gasteiger charge is 2.26. The first-order chi connectivity index (χ1) is 14.1. The number of nitrogens with one attached hydrogen (secondary N) is 2. The fraction of sp³-hybridized carbons (Fsp3) is 0.200. The average Bonchev–Trinajstić information content (AvgIpc) is 2.73. The summed E-state index contributed by atoms with van der Waals surface area (Å²) in [4.78, 5) is 26.1. The lowest BCUT2D eigenvalue weighted by molar-refractivity contribution is 0.395. The van der Waals surface area contributed by atoms with E-state index in [0.717, 1.165) is 0 Å². The highest BCUT2D eigenvalue weighted by molar-refractivity contribution is 6.04. The number of hydrogen-bond donors (Lipinski definition) is 2. The fourth-order valence-corrected chi connectivity index (χ4v) is 3.07. The van der Waals surface area contributed by atoms with Crippen LogP contribution in [0.25, 0.3) is 0 Å². The fourth-order valence-electron chi connectivity index (χ4n) is 3.07. The number of anilines is 2. The van der Waals surface area contributed by atoms with Crippen molar-refractivity contribution in [3.05, 3.63) is 70.4 Å². The lowest BCUT2D eigenvalue weighted by Crippen LogP contribution is -2.38. The van der Waals surface area contributed by atoms with Gasteiger partial charge in [-0.05, 0) is 31.2 Å². The molecule has 0 unspecified atom stereocenters. The monoisotopic (exact) mass is 392 g/mol. The minimum absolute atomic E-state index is 0.208. The van der Waals surface area contributed by atoms with Crippen molar-refractivity contribution < 1.29 is 9.47 Å². The molecule has 9 heteroatoms. The van der Waals surface area contributed by atoms with Crippen LogP contribution in [0.4, 0.5) is 11.6 Å². The second-order valence-corrected chi connectivity index (χ2v) is 6.35. The molecule has 0 saturated carbocycles. The number of pyridine rings is 1. The molecule has 2 aromatic heterocycles. The maximum Gasteiger partial charge on any atom is 0.257 e. The van der Waals surface area contributed by atoms with Crippen LogP contribution in [0, 0.1) is 6.92 Å². The Morgan fingerprint density at radius 3 is 2.72 bits per heavy atom. The molecule has 1 atom stereocenters. The molecule has 3 heterocycles. The van der Waals surface area contributed by atoms with E-state index in [-0.39, 0.29) is 5.56 Å². The number of ether oxygens (including phenoxy) is 2. The first kappa shape index (κ1) is 18.5. The number of rotatable bonds is 4. The molecule has 0 bridgehead atoms. The van der Waals surface area contributed by atoms with Gasteiger partial charge < -0.3 is 14.8 Å². The van der Waals surface area contributed by atoms with E-state index in [4.69, 9.17) is 9.47 Å². The van der Waals surface area contributed by atoms with E-state index in [2.05, 4.69) is 25.6 Å². The summed E-state index contributed by atoms with van der Waals surface area (Å²) in [6, 6.07) is 12.4. The van der Waals surface area contributed by atoms with Crippen LogP contribution >= 0.6 is 0 Å². The summed E-state index contributed by atoms with van der Waals surface area (Å²) < 4.78 is 12.2. The maximum atomic E-state index is 12.6. The maximum absolute atomic E-state index is 12.6. The summed E-state index contributed by atoms with van der Waals surface area (Å²) in [6.07, 6.45) is 1.01. The van der Waals surface area contributed by atoms with Crippen LogP contribution in [0.5, 0.6) is 11.5 Å². The van der Waals surface area contributed by atoms with E-state index in [9.17, 15) is 4.79 Å². The van der Waals surface area contributed by atoms with Crippen LogP contribution in [-0.4, -0.2) is 34.7 Å². The SMILES string of the molecule is COc1ccc(NC2=N[C@@H](c3ccccn3)n3c(nc(C)cc3=O)N2)c(OC)c1. The number of nitrogens with zero attached hydrogens (tertiary/aromatic N) is 4. The Bertz CT molecular complexity index is 1130. The van der Waals surface area contributed by atoms with Gasteiger partial charge in [0.1, 0.15) is 11.5 Å². The molecule has 1 aliphatic rings. The van der Waals surface area contributed by atoms with E-state index >= 15 is 0 Å². The molecule has 9 nitrogen and oxygen atoms in total. The van der Waals surface area contributed by atoms with Gasteiger partial charge in [0.25, 0.3) is 5.56 Å². The molecule has 0 fully saturated rings. The molecule has 3 aromatic rings. The normalized spacial score (nSPS) is 15.0. The van der Waals surface area contributed by atoms with Crippen LogP contribution in [0.1, 0.15) is 17.6 Å². The molecule has 4 rings (SSSR count). The highest BCUT2D eigenvalue weighted by atomic mass is 16.5. The van der Waals surface area contributed by atoms with Crippen LogP contribution in [0.15, 0.2) is 58.4 Å². The Morgan fingerprint density at radius 1 is 1.14 bits per heavy atom. The Morgan fingerprint density at radius 2 is 2.00 bits per heavy atom. The molecule has 0 radical (unpaired) electrons. The van der Waals surface area contributed by atoms with Crippen molar-refractivity contribution in [2.24, 2.45) is 4.99 Å². The number of hydrogen-bond acceptors (Lipinski definition) is 8. The van der Waals surface area contributed by atoms with Crippen LogP contribution in [-0.2, 0) is 0 Å². The molecular formula is C20H20N6O3. The number of methoxy groups -OCH3 is 2. The highest BCUT2D eigenvalue weighted by Crippen LogP contribution is 2.30. The third kappa shape index (κ3) is 3.62. The van der Waals surface area contributed by atoms with Gasteiger partial charge in [-0.1, -0.05) is 6.07 Å². The number of fused-ring (bicyclic) bond motifs is 1. The van der Waals surface area contributed by atoms with Crippen molar-refractivity contribution in [3.8, 4) is 11.5 Å². The minimum atomic E-state index is -0.653. The molecule has 0 aliphatic carbocycles. The molecule has 0 spiro atoms. The Hall–Kier alpha value is -3.88. The molecular weight excluding hydrogens is 372 g/mol. The Balaban J connectivity index is 1.77. The number of aliphatic imine (C=N–C) groups is 1. The van der Waals surface area contributed by atoms with Crippen molar-refractivity contribution in [1.29, 1.82) is 0 Å². The van der Waals surface area contributed by atoms with Crippen LogP contribution in [0.3, 0.4) is 0 Å². The minimum Gasteiger partial charge on any atom is -0.497 e. The second-order valence-electron chi connectivity index (χ2n) is 6.35. The molecule has 148 valence electrons. The first-order valence-corrected chi connectivity index (χ1v) is 8.94. The zero-order chi connectivity index (χ0) is 20.4. The second kappa shape index (κ2) is 7.63. The average molecular weight is 392 g/mol. The lowest BCUT2D eigenvalue weighted by Gasteiger charge is -2.26. The molecule has 29 heavy (non-hydrogen) atoms. The van der Waals surface area contributed by atoms with Gasteiger partial charge in [0.2, 0.25) is 11.9 Å². The largest absolute Gasteiger partial charge is 0.497 e. The summed E-state index contributed by atoms with van der Waals surface area (Å²) in [6.45, 7) is 1.77. The van der Waals surface area contributed by atoms with E-state index in [1.165, 1.54) is 10.6 Å². The number of aryl methyl sites for hydroxylation is 1. The van der Waals surface area contributed by atoms with Gasteiger partial charge in [-0.25, -0.2) is 14.5 Å². The van der Waals surface area contributed by atoms with Crippen molar-refractivity contribution in [3.63, 3.8) is 0 Å². The van der Waals surface area contributed by atoms with Gasteiger partial charge in [0, 0.05) is 24.0 Å². The van der Waals surface area contributed by atoms with Gasteiger partial charge in [0.15, 0.2) is 6.17 Å². The first-order valence-electron chi connectivity index (χ1n) is 8.94.